The smallest absolute Gasteiger partial charge is 0.341 e. The highest BCUT2D eigenvalue weighted by Gasteiger charge is 2.23. The summed E-state index contributed by atoms with van der Waals surface area (Å²) in [6.07, 6.45) is 0. The number of carbonyl (C=O) groups is 2. The fraction of sp³-hybridized carbons (Fsp3) is 0.0714. The Morgan fingerprint density at radius 1 is 0.947 bits per heavy atom. The molecule has 5 rings (SSSR count). The Balaban J connectivity index is 1.56. The number of para-hydroxylation sites is 1. The first-order chi connectivity index (χ1) is 18.3. The Morgan fingerprint density at radius 2 is 1.76 bits per heavy atom. The molecule has 0 bridgehead atoms. The van der Waals surface area contributed by atoms with E-state index in [-0.39, 0.29) is 34.6 Å². The van der Waals surface area contributed by atoms with E-state index in [1.807, 2.05) is 36.4 Å². The molecule has 2 aromatic heterocycles. The van der Waals surface area contributed by atoms with Crippen molar-refractivity contribution in [2.24, 2.45) is 0 Å². The van der Waals surface area contributed by atoms with Gasteiger partial charge in [0, 0.05) is 15.4 Å². The van der Waals surface area contributed by atoms with Crippen LogP contribution < -0.4 is 14.9 Å². The molecule has 0 radical (unpaired) electrons. The van der Waals surface area contributed by atoms with Crippen molar-refractivity contribution in [3.05, 3.63) is 98.7 Å². The molecule has 0 aliphatic carbocycles. The number of carboxylic acids is 2. The summed E-state index contributed by atoms with van der Waals surface area (Å²) in [5.41, 5.74) is 0.739. The average Bonchev–Trinajstić information content (AvgIpc) is 2.91. The SMILES string of the molecule is O=C(O)COc1c(-c2cccc(OCc3ccc4ccccc4n3)c2)oc2c(C(=O)O)cc(Br)cc2c1=O. The highest BCUT2D eigenvalue weighted by Crippen LogP contribution is 2.35. The first-order valence-corrected chi connectivity index (χ1v) is 12.1. The van der Waals surface area contributed by atoms with Gasteiger partial charge in [0.25, 0.3) is 0 Å². The number of hydrogen-bond acceptors (Lipinski definition) is 7. The third-order valence-electron chi connectivity index (χ3n) is 5.62. The minimum Gasteiger partial charge on any atom is -0.487 e. The summed E-state index contributed by atoms with van der Waals surface area (Å²) < 4.78 is 17.5. The van der Waals surface area contributed by atoms with Crippen LogP contribution in [0.3, 0.4) is 0 Å². The monoisotopic (exact) mass is 575 g/mol. The van der Waals surface area contributed by atoms with Gasteiger partial charge >= 0.3 is 11.9 Å². The van der Waals surface area contributed by atoms with E-state index < -0.39 is 24.0 Å². The third kappa shape index (κ3) is 5.07. The van der Waals surface area contributed by atoms with E-state index >= 15 is 0 Å². The Hall–Kier alpha value is -4.70. The second kappa shape index (κ2) is 10.3. The van der Waals surface area contributed by atoms with Crippen molar-refractivity contribution in [2.75, 3.05) is 6.61 Å². The molecule has 2 N–H and O–H groups in total. The number of rotatable bonds is 8. The van der Waals surface area contributed by atoms with Crippen LogP contribution in [0, 0.1) is 0 Å². The minimum atomic E-state index is -1.30. The van der Waals surface area contributed by atoms with Crippen molar-refractivity contribution in [1.82, 2.24) is 4.98 Å². The number of ether oxygens (including phenoxy) is 2. The normalized spacial score (nSPS) is 11.0. The number of nitrogens with zero attached hydrogens (tertiary/aromatic N) is 1. The van der Waals surface area contributed by atoms with Crippen LogP contribution >= 0.6 is 15.9 Å². The Morgan fingerprint density at radius 3 is 2.55 bits per heavy atom. The van der Waals surface area contributed by atoms with Crippen LogP contribution in [-0.4, -0.2) is 33.7 Å². The maximum absolute atomic E-state index is 13.3. The Labute approximate surface area is 223 Å². The Kier molecular flexibility index (Phi) is 6.80. The van der Waals surface area contributed by atoms with E-state index in [2.05, 4.69) is 20.9 Å². The highest BCUT2D eigenvalue weighted by molar-refractivity contribution is 9.10. The predicted molar refractivity (Wildman–Crippen MR) is 142 cm³/mol. The van der Waals surface area contributed by atoms with Gasteiger partial charge in [-0.3, -0.25) is 4.79 Å². The molecule has 0 spiro atoms. The number of hydrogen-bond donors (Lipinski definition) is 2. The van der Waals surface area contributed by atoms with Gasteiger partial charge < -0.3 is 24.1 Å². The first kappa shape index (κ1) is 25.0. The molecule has 3 aromatic carbocycles. The van der Waals surface area contributed by atoms with E-state index in [4.69, 9.17) is 19.0 Å². The summed E-state index contributed by atoms with van der Waals surface area (Å²) in [7, 11) is 0. The number of carboxylic acid groups (broad SMARTS) is 2. The lowest BCUT2D eigenvalue weighted by Gasteiger charge is -2.13. The summed E-state index contributed by atoms with van der Waals surface area (Å²) in [6, 6.07) is 20.8. The molecule has 38 heavy (non-hydrogen) atoms. The maximum Gasteiger partial charge on any atom is 0.341 e. The lowest BCUT2D eigenvalue weighted by Crippen LogP contribution is -2.17. The molecule has 0 saturated carbocycles. The fourth-order valence-corrected chi connectivity index (χ4v) is 4.39. The van der Waals surface area contributed by atoms with Gasteiger partial charge in [-0.15, -0.1) is 0 Å². The minimum absolute atomic E-state index is 0.0734. The van der Waals surface area contributed by atoms with Gasteiger partial charge in [-0.2, -0.15) is 0 Å². The van der Waals surface area contributed by atoms with Crippen LogP contribution in [-0.2, 0) is 11.4 Å². The quantitative estimate of drug-likeness (QED) is 0.245. The van der Waals surface area contributed by atoms with Gasteiger partial charge in [-0.25, -0.2) is 14.6 Å². The van der Waals surface area contributed by atoms with Crippen molar-refractivity contribution in [3.63, 3.8) is 0 Å². The summed E-state index contributed by atoms with van der Waals surface area (Å²) in [5.74, 6) is -2.66. The summed E-state index contributed by atoms with van der Waals surface area (Å²) in [6.45, 7) is -0.637. The summed E-state index contributed by atoms with van der Waals surface area (Å²) in [5, 5.41) is 19.7. The van der Waals surface area contributed by atoms with E-state index in [0.29, 0.717) is 21.5 Å². The van der Waals surface area contributed by atoms with Crippen molar-refractivity contribution < 1.29 is 33.7 Å². The zero-order valence-corrected chi connectivity index (χ0v) is 21.1. The number of aromatic nitrogens is 1. The number of halogens is 1. The largest absolute Gasteiger partial charge is 0.487 e. The number of benzene rings is 3. The van der Waals surface area contributed by atoms with Gasteiger partial charge in [-0.05, 0) is 36.4 Å². The van der Waals surface area contributed by atoms with Crippen LogP contribution in [0.2, 0.25) is 0 Å². The van der Waals surface area contributed by atoms with Crippen LogP contribution in [0.1, 0.15) is 16.1 Å². The molecular formula is C28H18BrNO8. The average molecular weight is 576 g/mol. The van der Waals surface area contributed by atoms with E-state index in [9.17, 15) is 19.5 Å². The van der Waals surface area contributed by atoms with Gasteiger partial charge in [-0.1, -0.05) is 52.3 Å². The molecule has 0 amide bonds. The zero-order valence-electron chi connectivity index (χ0n) is 19.5. The molecule has 0 aliphatic heterocycles. The molecule has 0 unspecified atom stereocenters. The lowest BCUT2D eigenvalue weighted by atomic mass is 10.1. The van der Waals surface area contributed by atoms with Gasteiger partial charge in [0.2, 0.25) is 11.2 Å². The van der Waals surface area contributed by atoms with Crippen molar-refractivity contribution >= 4 is 49.7 Å². The zero-order chi connectivity index (χ0) is 26.8. The molecule has 2 heterocycles. The number of pyridine rings is 1. The lowest BCUT2D eigenvalue weighted by molar-refractivity contribution is -0.139. The van der Waals surface area contributed by atoms with Crippen LogP contribution in [0.5, 0.6) is 11.5 Å². The fourth-order valence-electron chi connectivity index (χ4n) is 3.93. The molecule has 5 aromatic rings. The van der Waals surface area contributed by atoms with Crippen LogP contribution in [0.4, 0.5) is 0 Å². The second-order valence-electron chi connectivity index (χ2n) is 8.22. The topological polar surface area (TPSA) is 136 Å². The van der Waals surface area contributed by atoms with Crippen LogP contribution in [0.25, 0.3) is 33.2 Å². The number of aromatic carboxylic acids is 1. The molecule has 0 saturated heterocycles. The van der Waals surface area contributed by atoms with Gasteiger partial charge in [0.1, 0.15) is 17.9 Å². The summed E-state index contributed by atoms with van der Waals surface area (Å²) in [4.78, 5) is 41.0. The van der Waals surface area contributed by atoms with Crippen molar-refractivity contribution in [3.8, 4) is 22.8 Å². The van der Waals surface area contributed by atoms with Crippen LogP contribution in [0.15, 0.2) is 86.5 Å². The van der Waals surface area contributed by atoms with E-state index in [0.717, 1.165) is 10.9 Å². The number of fused-ring (bicyclic) bond motifs is 2. The molecular weight excluding hydrogens is 558 g/mol. The standard InChI is InChI=1S/C28H18BrNO8/c29-17-11-20-24(33)27(37-14-23(31)32)25(38-26(20)21(12-17)28(34)35)16-5-3-6-19(10-16)36-13-18-9-8-15-4-1-2-7-22(15)30-18/h1-12H,13-14H2,(H,31,32)(H,34,35). The van der Waals surface area contributed by atoms with Crippen molar-refractivity contribution in [2.45, 2.75) is 6.61 Å². The molecule has 0 atom stereocenters. The predicted octanol–water partition coefficient (Wildman–Crippen LogP) is 5.51. The molecule has 9 nitrogen and oxygen atoms in total. The van der Waals surface area contributed by atoms with E-state index in [1.54, 1.807) is 24.3 Å². The molecule has 0 fully saturated rings. The van der Waals surface area contributed by atoms with Gasteiger partial charge in [0.05, 0.1) is 16.6 Å². The molecule has 0 aliphatic rings. The maximum atomic E-state index is 13.3. The Bertz CT molecular complexity index is 1780. The van der Waals surface area contributed by atoms with E-state index in [1.165, 1.54) is 12.1 Å². The molecule has 190 valence electrons. The second-order valence-corrected chi connectivity index (χ2v) is 9.13. The third-order valence-corrected chi connectivity index (χ3v) is 6.08. The first-order valence-electron chi connectivity index (χ1n) is 11.3. The van der Waals surface area contributed by atoms with Crippen molar-refractivity contribution in [1.29, 1.82) is 0 Å². The number of aliphatic carboxylic acids is 1. The summed E-state index contributed by atoms with van der Waals surface area (Å²) >= 11 is 3.19. The molecule has 10 heteroatoms. The van der Waals surface area contributed by atoms with Gasteiger partial charge in [0.15, 0.2) is 18.0 Å². The highest BCUT2D eigenvalue weighted by atomic mass is 79.9.